The highest BCUT2D eigenvalue weighted by Crippen LogP contribution is 2.46. The van der Waals surface area contributed by atoms with E-state index >= 15 is 4.39 Å². The van der Waals surface area contributed by atoms with Gasteiger partial charge in [-0.2, -0.15) is 0 Å². The fraction of sp³-hybridized carbons (Fsp3) is 0.113. The lowest BCUT2D eigenvalue weighted by molar-refractivity contribution is 0.483. The van der Waals surface area contributed by atoms with Crippen LogP contribution in [-0.2, 0) is 5.41 Å². The predicted octanol–water partition coefficient (Wildman–Crippen LogP) is 14.3. The summed E-state index contributed by atoms with van der Waals surface area (Å²) in [6.07, 6.45) is 1.95. The Morgan fingerprint density at radius 1 is 0.559 bits per heavy atom. The zero-order valence-electron chi connectivity index (χ0n) is 33.5. The molecule has 1 aliphatic rings. The van der Waals surface area contributed by atoms with Gasteiger partial charge in [0.1, 0.15) is 29.8 Å². The van der Waals surface area contributed by atoms with Gasteiger partial charge in [-0.05, 0) is 107 Å². The molecule has 59 heavy (non-hydrogen) atoms. The van der Waals surface area contributed by atoms with E-state index in [1.54, 1.807) is 6.07 Å². The Morgan fingerprint density at radius 3 is 2.00 bits per heavy atom. The number of hydrogen-bond donors (Lipinski definition) is 0. The van der Waals surface area contributed by atoms with Crippen LogP contribution in [0.4, 0.5) is 27.1 Å². The molecule has 6 heteroatoms. The first-order valence-corrected chi connectivity index (χ1v) is 20.1. The van der Waals surface area contributed by atoms with Crippen LogP contribution in [0.5, 0.6) is 11.5 Å². The Morgan fingerprint density at radius 2 is 1.25 bits per heavy atom. The van der Waals surface area contributed by atoms with E-state index in [1.807, 2.05) is 54.7 Å². The van der Waals surface area contributed by atoms with Crippen LogP contribution in [0.3, 0.4) is 0 Å². The van der Waals surface area contributed by atoms with Gasteiger partial charge in [-0.1, -0.05) is 106 Å². The number of aromatic nitrogens is 2. The number of nitrogens with zero attached hydrogens (tertiary/aromatic N) is 4. The zero-order valence-corrected chi connectivity index (χ0v) is 33.5. The Balaban J connectivity index is 1.03. The minimum absolute atomic E-state index is 0.0466. The first-order chi connectivity index (χ1) is 28.7. The molecular formula is C53H43FN4O. The predicted molar refractivity (Wildman–Crippen MR) is 241 cm³/mol. The second-order valence-electron chi connectivity index (χ2n) is 16.3. The molecule has 3 heterocycles. The molecule has 288 valence electrons. The highest BCUT2D eigenvalue weighted by Gasteiger charge is 2.29. The molecule has 0 aliphatic carbocycles. The smallest absolute Gasteiger partial charge is 0.137 e. The summed E-state index contributed by atoms with van der Waals surface area (Å²) in [6, 6.07) is 57.5. The van der Waals surface area contributed by atoms with Crippen LogP contribution in [-0.4, -0.2) is 16.2 Å². The fourth-order valence-electron chi connectivity index (χ4n) is 8.40. The average Bonchev–Trinajstić information content (AvgIpc) is 3.80. The van der Waals surface area contributed by atoms with Gasteiger partial charge in [-0.15, -0.1) is 0 Å². The zero-order chi connectivity index (χ0) is 40.3. The third-order valence-corrected chi connectivity index (χ3v) is 11.5. The lowest BCUT2D eigenvalue weighted by atomic mass is 9.87. The Hall–Kier alpha value is -7.18. The number of hydrogen-bond acceptors (Lipinski definition) is 4. The number of para-hydroxylation sites is 2. The number of aryl methyl sites for hydroxylation is 1. The van der Waals surface area contributed by atoms with Crippen molar-refractivity contribution in [1.29, 1.82) is 0 Å². The quantitative estimate of drug-likeness (QED) is 0.162. The molecule has 9 aromatic rings. The summed E-state index contributed by atoms with van der Waals surface area (Å²) < 4.78 is 24.0. The monoisotopic (exact) mass is 770 g/mol. The molecular weight excluding hydrogens is 728 g/mol. The molecule has 2 aromatic heterocycles. The minimum Gasteiger partial charge on any atom is -0.457 e. The number of pyridine rings is 1. The van der Waals surface area contributed by atoms with Crippen molar-refractivity contribution in [3.8, 4) is 39.6 Å². The minimum atomic E-state index is -0.248. The van der Waals surface area contributed by atoms with E-state index in [0.717, 1.165) is 67.0 Å². The van der Waals surface area contributed by atoms with Crippen LogP contribution in [0.2, 0.25) is 0 Å². The van der Waals surface area contributed by atoms with Crippen molar-refractivity contribution in [3.05, 3.63) is 193 Å². The molecule has 0 bridgehead atoms. The average molecular weight is 771 g/mol. The number of halogens is 1. The molecule has 0 amide bonds. The van der Waals surface area contributed by atoms with E-state index in [4.69, 9.17) is 9.72 Å². The standard InChI is InChI=1S/C53H43FN4O/c1-35-28-52(55-33-46(35)36-14-6-5-7-15-36)58-48-27-24-37(43-20-8-9-21-47(43)54)29-45(48)44-26-25-42(32-51(44)58)59-41-19-13-18-40(31-41)57-34-56(49-22-10-11-23-50(49)57)39-17-12-16-38(30-39)53(2,3)4/h5-33H,34H2,1-4H3. The lowest BCUT2D eigenvalue weighted by Crippen LogP contribution is -2.24. The van der Waals surface area contributed by atoms with Gasteiger partial charge in [0.15, 0.2) is 0 Å². The lowest BCUT2D eigenvalue weighted by Gasteiger charge is -2.25. The van der Waals surface area contributed by atoms with Crippen LogP contribution < -0.4 is 14.5 Å². The maximum Gasteiger partial charge on any atom is 0.137 e. The molecule has 0 saturated heterocycles. The van der Waals surface area contributed by atoms with Crippen molar-refractivity contribution < 1.29 is 9.13 Å². The van der Waals surface area contributed by atoms with Gasteiger partial charge in [0.05, 0.1) is 22.4 Å². The van der Waals surface area contributed by atoms with E-state index in [9.17, 15) is 0 Å². The van der Waals surface area contributed by atoms with Crippen LogP contribution in [0.25, 0.3) is 49.9 Å². The molecule has 0 saturated carbocycles. The number of fused-ring (bicyclic) bond motifs is 4. The normalized spacial score (nSPS) is 12.7. The summed E-state index contributed by atoms with van der Waals surface area (Å²) in [7, 11) is 0. The molecule has 0 radical (unpaired) electrons. The molecule has 0 fully saturated rings. The van der Waals surface area contributed by atoms with Gasteiger partial charge in [0.2, 0.25) is 0 Å². The molecule has 0 spiro atoms. The third-order valence-electron chi connectivity index (χ3n) is 11.5. The van der Waals surface area contributed by atoms with Crippen molar-refractivity contribution in [2.45, 2.75) is 33.1 Å². The molecule has 1 aliphatic heterocycles. The van der Waals surface area contributed by atoms with Gasteiger partial charge in [-0.3, -0.25) is 4.57 Å². The molecule has 0 N–H and O–H groups in total. The van der Waals surface area contributed by atoms with Gasteiger partial charge in [-0.25, -0.2) is 9.37 Å². The summed E-state index contributed by atoms with van der Waals surface area (Å²) in [5.41, 5.74) is 12.5. The summed E-state index contributed by atoms with van der Waals surface area (Å²) in [5.74, 6) is 1.98. The first kappa shape index (κ1) is 36.2. The summed E-state index contributed by atoms with van der Waals surface area (Å²) in [5, 5.41) is 2.03. The molecule has 5 nitrogen and oxygen atoms in total. The van der Waals surface area contributed by atoms with Crippen molar-refractivity contribution in [2.24, 2.45) is 0 Å². The molecule has 10 rings (SSSR count). The fourth-order valence-corrected chi connectivity index (χ4v) is 8.40. The third kappa shape index (κ3) is 6.57. The van der Waals surface area contributed by atoms with Gasteiger partial charge in [0, 0.05) is 51.6 Å². The maximum absolute atomic E-state index is 15.1. The number of rotatable bonds is 7. The maximum atomic E-state index is 15.1. The highest BCUT2D eigenvalue weighted by atomic mass is 19.1. The second-order valence-corrected chi connectivity index (χ2v) is 16.3. The number of ether oxygens (including phenoxy) is 1. The Labute approximate surface area is 344 Å². The summed E-state index contributed by atoms with van der Waals surface area (Å²) in [4.78, 5) is 9.76. The van der Waals surface area contributed by atoms with Gasteiger partial charge in [0.25, 0.3) is 0 Å². The Kier molecular flexibility index (Phi) is 8.79. The summed E-state index contributed by atoms with van der Waals surface area (Å²) >= 11 is 0. The number of anilines is 4. The van der Waals surface area contributed by atoms with E-state index in [2.05, 4.69) is 151 Å². The second kappa shape index (κ2) is 14.3. The topological polar surface area (TPSA) is 33.5 Å². The van der Waals surface area contributed by atoms with Crippen molar-refractivity contribution in [2.75, 3.05) is 16.5 Å². The Bertz CT molecular complexity index is 3040. The largest absolute Gasteiger partial charge is 0.457 e. The van der Waals surface area contributed by atoms with Crippen LogP contribution in [0, 0.1) is 12.7 Å². The van der Waals surface area contributed by atoms with E-state index in [0.29, 0.717) is 18.0 Å². The van der Waals surface area contributed by atoms with Crippen molar-refractivity contribution in [1.82, 2.24) is 9.55 Å². The van der Waals surface area contributed by atoms with Gasteiger partial charge < -0.3 is 14.5 Å². The SMILES string of the molecule is Cc1cc(-n2c3ccc(-c4ccccc4F)cc3c3ccc(Oc4cccc(N5CN(c6cccc(C(C)(C)C)c6)c6ccccc65)c4)cc32)ncc1-c1ccccc1. The van der Waals surface area contributed by atoms with Crippen molar-refractivity contribution >= 4 is 44.6 Å². The molecule has 0 atom stereocenters. The summed E-state index contributed by atoms with van der Waals surface area (Å²) in [6.45, 7) is 9.56. The molecule has 7 aromatic carbocycles. The number of benzene rings is 7. The highest BCUT2D eigenvalue weighted by molar-refractivity contribution is 6.10. The van der Waals surface area contributed by atoms with Crippen LogP contribution in [0.1, 0.15) is 31.9 Å². The van der Waals surface area contributed by atoms with E-state index in [1.165, 1.54) is 23.0 Å². The van der Waals surface area contributed by atoms with Crippen molar-refractivity contribution in [3.63, 3.8) is 0 Å². The van der Waals surface area contributed by atoms with Crippen LogP contribution in [0.15, 0.2) is 176 Å². The molecule has 0 unspecified atom stereocenters. The van der Waals surface area contributed by atoms with E-state index < -0.39 is 0 Å². The van der Waals surface area contributed by atoms with E-state index in [-0.39, 0.29) is 11.2 Å². The first-order valence-electron chi connectivity index (χ1n) is 20.1. The van der Waals surface area contributed by atoms with Crippen LogP contribution >= 0.6 is 0 Å². The van der Waals surface area contributed by atoms with Gasteiger partial charge >= 0.3 is 0 Å².